The van der Waals surface area contributed by atoms with E-state index in [1.165, 1.54) is 13.2 Å². The van der Waals surface area contributed by atoms with Crippen LogP contribution in [0.15, 0.2) is 12.2 Å². The van der Waals surface area contributed by atoms with E-state index in [9.17, 15) is 4.79 Å². The zero-order valence-corrected chi connectivity index (χ0v) is 8.87. The van der Waals surface area contributed by atoms with E-state index in [1.807, 2.05) is 6.08 Å². The summed E-state index contributed by atoms with van der Waals surface area (Å²) >= 11 is 0. The number of hydrogen-bond acceptors (Lipinski definition) is 3. The molecule has 0 rings (SSSR count). The number of unbranched alkanes of at least 4 members (excludes halogenated alkanes) is 5. The molecule has 0 fully saturated rings. The number of allylic oxidation sites excluding steroid dienone is 1. The fourth-order valence-electron chi connectivity index (χ4n) is 1.15. The highest BCUT2D eigenvalue weighted by molar-refractivity contribution is 5.81. The third-order valence-electron chi connectivity index (χ3n) is 1.98. The first-order valence-corrected chi connectivity index (χ1v) is 5.16. The van der Waals surface area contributed by atoms with Crippen LogP contribution in [0.25, 0.3) is 0 Å². The SMILES string of the molecule is COC(=O)/C=C/CCCCCCCO. The van der Waals surface area contributed by atoms with E-state index in [0.717, 1.165) is 38.5 Å². The normalized spacial score (nSPS) is 10.7. The summed E-state index contributed by atoms with van der Waals surface area (Å²) < 4.78 is 4.46. The molecule has 0 atom stereocenters. The second kappa shape index (κ2) is 10.3. The van der Waals surface area contributed by atoms with Crippen molar-refractivity contribution < 1.29 is 14.6 Å². The average molecular weight is 200 g/mol. The van der Waals surface area contributed by atoms with Crippen LogP contribution in [-0.2, 0) is 9.53 Å². The molecule has 0 aromatic rings. The average Bonchev–Trinajstić information content (AvgIpc) is 2.21. The Hall–Kier alpha value is -0.830. The summed E-state index contributed by atoms with van der Waals surface area (Å²) in [5, 5.41) is 8.53. The predicted octanol–water partition coefficient (Wildman–Crippen LogP) is 2.05. The van der Waals surface area contributed by atoms with Crippen molar-refractivity contribution in [2.45, 2.75) is 38.5 Å². The fraction of sp³-hybridized carbons (Fsp3) is 0.727. The number of carbonyl (C=O) groups is 1. The molecule has 3 heteroatoms. The largest absolute Gasteiger partial charge is 0.466 e. The van der Waals surface area contributed by atoms with Crippen molar-refractivity contribution in [2.24, 2.45) is 0 Å². The first-order valence-electron chi connectivity index (χ1n) is 5.16. The van der Waals surface area contributed by atoms with Crippen LogP contribution in [0.3, 0.4) is 0 Å². The predicted molar refractivity (Wildman–Crippen MR) is 55.9 cm³/mol. The van der Waals surface area contributed by atoms with E-state index in [-0.39, 0.29) is 5.97 Å². The lowest BCUT2D eigenvalue weighted by Crippen LogP contribution is -1.93. The van der Waals surface area contributed by atoms with Gasteiger partial charge in [0.25, 0.3) is 0 Å². The van der Waals surface area contributed by atoms with Gasteiger partial charge in [-0.2, -0.15) is 0 Å². The molecule has 0 aliphatic rings. The molecule has 0 unspecified atom stereocenters. The van der Waals surface area contributed by atoms with E-state index in [1.54, 1.807) is 0 Å². The van der Waals surface area contributed by atoms with E-state index in [2.05, 4.69) is 4.74 Å². The number of hydrogen-bond donors (Lipinski definition) is 1. The molecule has 0 saturated carbocycles. The van der Waals surface area contributed by atoms with Crippen molar-refractivity contribution in [3.05, 3.63) is 12.2 Å². The van der Waals surface area contributed by atoms with Crippen LogP contribution >= 0.6 is 0 Å². The molecule has 0 saturated heterocycles. The molecule has 3 nitrogen and oxygen atoms in total. The summed E-state index contributed by atoms with van der Waals surface area (Å²) in [5.74, 6) is -0.287. The molecule has 0 spiro atoms. The number of rotatable bonds is 8. The molecule has 14 heavy (non-hydrogen) atoms. The molecule has 0 bridgehead atoms. The van der Waals surface area contributed by atoms with Gasteiger partial charge in [0.15, 0.2) is 0 Å². The Kier molecular flexibility index (Phi) is 9.64. The smallest absolute Gasteiger partial charge is 0.330 e. The summed E-state index contributed by atoms with van der Waals surface area (Å²) in [6.45, 7) is 0.294. The zero-order chi connectivity index (χ0) is 10.6. The van der Waals surface area contributed by atoms with Crippen molar-refractivity contribution in [3.8, 4) is 0 Å². The monoisotopic (exact) mass is 200 g/mol. The molecule has 0 aromatic carbocycles. The number of methoxy groups -OCH3 is 1. The molecule has 82 valence electrons. The Morgan fingerprint density at radius 2 is 1.86 bits per heavy atom. The van der Waals surface area contributed by atoms with Crippen LogP contribution in [-0.4, -0.2) is 24.8 Å². The molecule has 0 aromatic heterocycles. The lowest BCUT2D eigenvalue weighted by atomic mass is 10.1. The van der Waals surface area contributed by atoms with Crippen LogP contribution in [0.2, 0.25) is 0 Å². The van der Waals surface area contributed by atoms with Gasteiger partial charge < -0.3 is 9.84 Å². The van der Waals surface area contributed by atoms with Gasteiger partial charge in [-0.05, 0) is 19.3 Å². The van der Waals surface area contributed by atoms with E-state index in [4.69, 9.17) is 5.11 Å². The topological polar surface area (TPSA) is 46.5 Å². The van der Waals surface area contributed by atoms with Crippen LogP contribution < -0.4 is 0 Å². The Morgan fingerprint density at radius 3 is 2.50 bits per heavy atom. The Balaban J connectivity index is 3.13. The number of aliphatic hydroxyl groups excluding tert-OH is 1. The zero-order valence-electron chi connectivity index (χ0n) is 8.87. The van der Waals surface area contributed by atoms with Gasteiger partial charge in [-0.15, -0.1) is 0 Å². The lowest BCUT2D eigenvalue weighted by Gasteiger charge is -1.97. The van der Waals surface area contributed by atoms with Crippen molar-refractivity contribution in [3.63, 3.8) is 0 Å². The van der Waals surface area contributed by atoms with Gasteiger partial charge in [-0.25, -0.2) is 4.79 Å². The van der Waals surface area contributed by atoms with Crippen molar-refractivity contribution >= 4 is 5.97 Å². The van der Waals surface area contributed by atoms with Crippen molar-refractivity contribution in [1.29, 1.82) is 0 Å². The second-order valence-corrected chi connectivity index (χ2v) is 3.21. The summed E-state index contributed by atoms with van der Waals surface area (Å²) in [4.78, 5) is 10.6. The van der Waals surface area contributed by atoms with Gasteiger partial charge in [-0.3, -0.25) is 0 Å². The molecule has 1 N–H and O–H groups in total. The molecule has 0 amide bonds. The van der Waals surface area contributed by atoms with Crippen LogP contribution in [0, 0.1) is 0 Å². The highest BCUT2D eigenvalue weighted by Crippen LogP contribution is 2.05. The minimum atomic E-state index is -0.287. The second-order valence-electron chi connectivity index (χ2n) is 3.21. The third-order valence-corrected chi connectivity index (χ3v) is 1.98. The van der Waals surface area contributed by atoms with Gasteiger partial charge in [0.05, 0.1) is 7.11 Å². The van der Waals surface area contributed by atoms with Crippen molar-refractivity contribution in [2.75, 3.05) is 13.7 Å². The summed E-state index contributed by atoms with van der Waals surface area (Å²) in [5.41, 5.74) is 0. The van der Waals surface area contributed by atoms with Gasteiger partial charge in [0.2, 0.25) is 0 Å². The third kappa shape index (κ3) is 9.26. The standard InChI is InChI=1S/C11H20O3/c1-14-11(13)9-7-5-3-2-4-6-8-10-12/h7,9,12H,2-6,8,10H2,1H3/b9-7+. The Morgan fingerprint density at radius 1 is 1.21 bits per heavy atom. The first kappa shape index (κ1) is 13.2. The summed E-state index contributed by atoms with van der Waals surface area (Å²) in [6, 6.07) is 0. The Bertz CT molecular complexity index is 164. The summed E-state index contributed by atoms with van der Waals surface area (Å²) in [7, 11) is 1.38. The molecular formula is C11H20O3. The van der Waals surface area contributed by atoms with Crippen molar-refractivity contribution in [1.82, 2.24) is 0 Å². The van der Waals surface area contributed by atoms with Crippen LogP contribution in [0.5, 0.6) is 0 Å². The van der Waals surface area contributed by atoms with Gasteiger partial charge in [0.1, 0.15) is 0 Å². The fourth-order valence-corrected chi connectivity index (χ4v) is 1.15. The molecular weight excluding hydrogens is 180 g/mol. The first-order chi connectivity index (χ1) is 6.81. The lowest BCUT2D eigenvalue weighted by molar-refractivity contribution is -0.134. The quantitative estimate of drug-likeness (QED) is 0.370. The van der Waals surface area contributed by atoms with E-state index < -0.39 is 0 Å². The van der Waals surface area contributed by atoms with Crippen LogP contribution in [0.1, 0.15) is 38.5 Å². The maximum absolute atomic E-state index is 10.6. The van der Waals surface area contributed by atoms with Gasteiger partial charge in [-0.1, -0.05) is 25.3 Å². The highest BCUT2D eigenvalue weighted by Gasteiger charge is 1.91. The molecule has 0 aliphatic carbocycles. The summed E-state index contributed by atoms with van der Waals surface area (Å²) in [6.07, 6.45) is 9.64. The number of carbonyl (C=O) groups excluding carboxylic acids is 1. The van der Waals surface area contributed by atoms with E-state index >= 15 is 0 Å². The maximum Gasteiger partial charge on any atom is 0.330 e. The molecule has 0 radical (unpaired) electrons. The van der Waals surface area contributed by atoms with E-state index in [0.29, 0.717) is 6.61 Å². The number of aliphatic hydroxyl groups is 1. The Labute approximate surface area is 85.8 Å². The molecule has 0 aliphatic heterocycles. The van der Waals surface area contributed by atoms with Gasteiger partial charge >= 0.3 is 5.97 Å². The number of ether oxygens (including phenoxy) is 1. The minimum absolute atomic E-state index is 0.287. The highest BCUT2D eigenvalue weighted by atomic mass is 16.5. The number of esters is 1. The molecule has 0 heterocycles. The maximum atomic E-state index is 10.6. The minimum Gasteiger partial charge on any atom is -0.466 e. The van der Waals surface area contributed by atoms with Crippen LogP contribution in [0.4, 0.5) is 0 Å². The van der Waals surface area contributed by atoms with Gasteiger partial charge in [0, 0.05) is 12.7 Å².